The van der Waals surface area contributed by atoms with E-state index in [1.165, 1.54) is 25.5 Å². The zero-order valence-electron chi connectivity index (χ0n) is 10.9. The van der Waals surface area contributed by atoms with Gasteiger partial charge in [-0.25, -0.2) is 0 Å². The van der Waals surface area contributed by atoms with Crippen molar-refractivity contribution in [2.24, 2.45) is 4.99 Å². The van der Waals surface area contributed by atoms with Gasteiger partial charge in [0.25, 0.3) is 5.69 Å². The maximum absolute atomic E-state index is 11.8. The highest BCUT2D eigenvalue weighted by atomic mass is 35.5. The lowest BCUT2D eigenvalue weighted by atomic mass is 10.2. The van der Waals surface area contributed by atoms with Crippen LogP contribution in [0.1, 0.15) is 5.56 Å². The molecule has 0 fully saturated rings. The fraction of sp³-hybridized carbons (Fsp3) is 0.0714. The van der Waals surface area contributed by atoms with Crippen molar-refractivity contribution >= 4 is 29.2 Å². The van der Waals surface area contributed by atoms with Gasteiger partial charge in [0.1, 0.15) is 5.75 Å². The van der Waals surface area contributed by atoms with E-state index in [-0.39, 0.29) is 5.56 Å². The van der Waals surface area contributed by atoms with E-state index in [9.17, 15) is 15.2 Å². The number of methoxy groups -OCH3 is 1. The van der Waals surface area contributed by atoms with E-state index in [4.69, 9.17) is 16.3 Å². The van der Waals surface area contributed by atoms with Crippen LogP contribution in [0.25, 0.3) is 0 Å². The van der Waals surface area contributed by atoms with E-state index in [0.717, 1.165) is 6.07 Å². The molecule has 2 rings (SSSR count). The van der Waals surface area contributed by atoms with E-state index in [1.54, 1.807) is 18.2 Å². The van der Waals surface area contributed by atoms with Crippen LogP contribution in [0.4, 0.5) is 11.4 Å². The molecule has 0 radical (unpaired) electrons. The van der Waals surface area contributed by atoms with E-state index >= 15 is 0 Å². The SMILES string of the molecule is COc1ccc(N=Cc2cccc([N+](=O)[O-])c2[O-])cc1Cl. The van der Waals surface area contributed by atoms with Crippen molar-refractivity contribution < 1.29 is 14.8 Å². The van der Waals surface area contributed by atoms with Crippen molar-refractivity contribution in [3.8, 4) is 11.5 Å². The topological polar surface area (TPSA) is 87.8 Å². The van der Waals surface area contributed by atoms with Crippen LogP contribution in [0, 0.1) is 10.1 Å². The maximum Gasteiger partial charge on any atom is 0.262 e. The van der Waals surface area contributed by atoms with Gasteiger partial charge in [-0.1, -0.05) is 23.7 Å². The molecule has 0 unspecified atom stereocenters. The number of nitrogens with zero attached hydrogens (tertiary/aromatic N) is 2. The van der Waals surface area contributed by atoms with E-state index in [1.807, 2.05) is 0 Å². The Kier molecular flexibility index (Phi) is 4.39. The lowest BCUT2D eigenvalue weighted by Gasteiger charge is -2.09. The Hall–Kier alpha value is -2.60. The number of benzene rings is 2. The Morgan fingerprint density at radius 3 is 2.71 bits per heavy atom. The van der Waals surface area contributed by atoms with Gasteiger partial charge in [0.05, 0.1) is 22.7 Å². The minimum Gasteiger partial charge on any atom is -0.867 e. The fourth-order valence-corrected chi connectivity index (χ4v) is 1.92. The Morgan fingerprint density at radius 2 is 2.10 bits per heavy atom. The average molecular weight is 306 g/mol. The van der Waals surface area contributed by atoms with Crippen LogP contribution in [0.3, 0.4) is 0 Å². The number of nitro groups is 1. The quantitative estimate of drug-likeness (QED) is 0.493. The number of hydrogen-bond donors (Lipinski definition) is 0. The average Bonchev–Trinajstić information content (AvgIpc) is 2.46. The van der Waals surface area contributed by atoms with Crippen molar-refractivity contribution in [2.75, 3.05) is 7.11 Å². The summed E-state index contributed by atoms with van der Waals surface area (Å²) in [6.07, 6.45) is 1.27. The minimum absolute atomic E-state index is 0.135. The second kappa shape index (κ2) is 6.23. The Balaban J connectivity index is 2.31. The van der Waals surface area contributed by atoms with Gasteiger partial charge in [-0.3, -0.25) is 15.1 Å². The van der Waals surface area contributed by atoms with Crippen molar-refractivity contribution in [2.45, 2.75) is 0 Å². The van der Waals surface area contributed by atoms with Crippen LogP contribution >= 0.6 is 11.6 Å². The van der Waals surface area contributed by atoms with Crippen LogP contribution < -0.4 is 9.84 Å². The van der Waals surface area contributed by atoms with E-state index in [0.29, 0.717) is 16.5 Å². The number of ether oxygens (including phenoxy) is 1. The molecular weight excluding hydrogens is 296 g/mol. The molecule has 0 amide bonds. The first-order valence-corrected chi connectivity index (χ1v) is 6.22. The maximum atomic E-state index is 11.8. The first kappa shape index (κ1) is 14.8. The van der Waals surface area contributed by atoms with E-state index in [2.05, 4.69) is 4.99 Å². The molecular formula is C14H10ClN2O4-. The molecule has 0 atom stereocenters. The third-order valence-electron chi connectivity index (χ3n) is 2.71. The predicted molar refractivity (Wildman–Crippen MR) is 77.8 cm³/mol. The van der Waals surface area contributed by atoms with Gasteiger partial charge in [0.15, 0.2) is 0 Å². The molecule has 0 aliphatic rings. The monoisotopic (exact) mass is 305 g/mol. The summed E-state index contributed by atoms with van der Waals surface area (Å²) in [6.45, 7) is 0. The lowest BCUT2D eigenvalue weighted by Crippen LogP contribution is -2.01. The molecule has 0 aromatic heterocycles. The molecule has 2 aromatic rings. The van der Waals surface area contributed by atoms with Gasteiger partial charge < -0.3 is 9.84 Å². The third kappa shape index (κ3) is 3.29. The van der Waals surface area contributed by atoms with Crippen LogP contribution in [-0.2, 0) is 0 Å². The molecule has 7 heteroatoms. The van der Waals surface area contributed by atoms with Gasteiger partial charge in [0, 0.05) is 12.3 Å². The molecule has 6 nitrogen and oxygen atoms in total. The van der Waals surface area contributed by atoms with Gasteiger partial charge in [-0.2, -0.15) is 0 Å². The van der Waals surface area contributed by atoms with Crippen molar-refractivity contribution in [1.29, 1.82) is 0 Å². The highest BCUT2D eigenvalue weighted by molar-refractivity contribution is 6.32. The molecule has 0 aliphatic heterocycles. The smallest absolute Gasteiger partial charge is 0.262 e. The fourth-order valence-electron chi connectivity index (χ4n) is 1.67. The normalized spacial score (nSPS) is 10.8. The molecule has 0 saturated heterocycles. The van der Waals surface area contributed by atoms with Crippen LogP contribution in [-0.4, -0.2) is 18.2 Å². The van der Waals surface area contributed by atoms with Crippen LogP contribution in [0.5, 0.6) is 11.5 Å². The molecule has 0 bridgehead atoms. The second-order valence-electron chi connectivity index (χ2n) is 4.03. The zero-order chi connectivity index (χ0) is 15.4. The Bertz CT molecular complexity index is 716. The largest absolute Gasteiger partial charge is 0.867 e. The molecule has 0 N–H and O–H groups in total. The van der Waals surface area contributed by atoms with Gasteiger partial charge >= 0.3 is 0 Å². The standard InChI is InChI=1S/C14H11ClN2O4/c1-21-13-6-5-10(7-11(13)15)16-8-9-3-2-4-12(14(9)18)17(19)20/h2-8,18H,1H3/p-1. The minimum atomic E-state index is -0.718. The number of nitro benzene ring substituents is 1. The number of hydrogen-bond acceptors (Lipinski definition) is 5. The molecule has 0 saturated carbocycles. The number of rotatable bonds is 4. The Labute approximate surface area is 125 Å². The second-order valence-corrected chi connectivity index (χ2v) is 4.44. The zero-order valence-corrected chi connectivity index (χ0v) is 11.7. The summed E-state index contributed by atoms with van der Waals surface area (Å²) >= 11 is 5.96. The van der Waals surface area contributed by atoms with Crippen molar-refractivity contribution in [1.82, 2.24) is 0 Å². The molecule has 2 aromatic carbocycles. The molecule has 108 valence electrons. The van der Waals surface area contributed by atoms with Gasteiger partial charge in [-0.05, 0) is 29.5 Å². The van der Waals surface area contributed by atoms with Gasteiger partial charge in [0.2, 0.25) is 0 Å². The third-order valence-corrected chi connectivity index (χ3v) is 3.00. The number of aliphatic imine (C=N–C) groups is 1. The Morgan fingerprint density at radius 1 is 1.33 bits per heavy atom. The van der Waals surface area contributed by atoms with Crippen LogP contribution in [0.2, 0.25) is 5.02 Å². The molecule has 0 aliphatic carbocycles. The van der Waals surface area contributed by atoms with Crippen molar-refractivity contribution in [3.63, 3.8) is 0 Å². The first-order valence-electron chi connectivity index (χ1n) is 5.85. The predicted octanol–water partition coefficient (Wildman–Crippen LogP) is 3.08. The summed E-state index contributed by atoms with van der Waals surface area (Å²) in [5.41, 5.74) is 0.162. The summed E-state index contributed by atoms with van der Waals surface area (Å²) < 4.78 is 5.02. The first-order chi connectivity index (χ1) is 10.0. The summed E-state index contributed by atoms with van der Waals surface area (Å²) in [5, 5.41) is 22.9. The van der Waals surface area contributed by atoms with Crippen molar-refractivity contribution in [3.05, 3.63) is 57.1 Å². The van der Waals surface area contributed by atoms with E-state index < -0.39 is 16.4 Å². The van der Waals surface area contributed by atoms with Crippen LogP contribution in [0.15, 0.2) is 41.4 Å². The van der Waals surface area contributed by atoms with Gasteiger partial charge in [-0.15, -0.1) is 0 Å². The lowest BCUT2D eigenvalue weighted by molar-refractivity contribution is -0.398. The summed E-state index contributed by atoms with van der Waals surface area (Å²) in [5.74, 6) is -0.165. The number of para-hydroxylation sites is 1. The molecule has 0 heterocycles. The molecule has 21 heavy (non-hydrogen) atoms. The summed E-state index contributed by atoms with van der Waals surface area (Å²) in [7, 11) is 1.50. The summed E-state index contributed by atoms with van der Waals surface area (Å²) in [4.78, 5) is 14.1. The highest BCUT2D eigenvalue weighted by Crippen LogP contribution is 2.29. The number of halogens is 1. The summed E-state index contributed by atoms with van der Waals surface area (Å²) in [6, 6.07) is 8.91. The highest BCUT2D eigenvalue weighted by Gasteiger charge is 2.08. The molecule has 0 spiro atoms.